The predicted molar refractivity (Wildman–Crippen MR) is 121 cm³/mol. The van der Waals surface area contributed by atoms with Crippen LogP contribution in [0.15, 0.2) is 59.7 Å². The van der Waals surface area contributed by atoms with Crippen molar-refractivity contribution in [3.8, 4) is 5.69 Å². The smallest absolute Gasteiger partial charge is 0.160 e. The van der Waals surface area contributed by atoms with Crippen LogP contribution in [0.4, 0.5) is 0 Å². The highest BCUT2D eigenvalue weighted by atomic mass is 32.2. The van der Waals surface area contributed by atoms with Crippen LogP contribution in [0.2, 0.25) is 0 Å². The van der Waals surface area contributed by atoms with E-state index in [1.807, 2.05) is 24.0 Å². The zero-order valence-corrected chi connectivity index (χ0v) is 18.1. The molecule has 2 aliphatic rings. The maximum absolute atomic E-state index is 5.13. The number of fused-ring (bicyclic) bond motifs is 1. The summed E-state index contributed by atoms with van der Waals surface area (Å²) in [6, 6.07) is 17.5. The van der Waals surface area contributed by atoms with Gasteiger partial charge in [-0.05, 0) is 62.2 Å². The number of pyridine rings is 1. The van der Waals surface area contributed by atoms with Crippen molar-refractivity contribution in [3.63, 3.8) is 0 Å². The summed E-state index contributed by atoms with van der Waals surface area (Å²) in [4.78, 5) is 12.3. The van der Waals surface area contributed by atoms with Gasteiger partial charge >= 0.3 is 0 Å². The van der Waals surface area contributed by atoms with Crippen molar-refractivity contribution in [3.05, 3.63) is 82.9 Å². The molecule has 5 heteroatoms. The Bertz CT molecular complexity index is 1090. The van der Waals surface area contributed by atoms with Crippen molar-refractivity contribution in [2.24, 2.45) is 4.99 Å². The number of benzene rings is 1. The Balaban J connectivity index is 1.63. The third-order valence-electron chi connectivity index (χ3n) is 5.93. The fraction of sp³-hybridized carbons (Fsp3) is 0.333. The minimum absolute atomic E-state index is 0.0395. The van der Waals surface area contributed by atoms with Crippen molar-refractivity contribution in [2.75, 3.05) is 6.54 Å². The minimum atomic E-state index is 0.0395. The van der Waals surface area contributed by atoms with Gasteiger partial charge in [0.2, 0.25) is 0 Å². The highest BCUT2D eigenvalue weighted by Crippen LogP contribution is 2.48. The molecule has 3 atom stereocenters. The first kappa shape index (κ1) is 18.5. The van der Waals surface area contributed by atoms with Gasteiger partial charge in [0.25, 0.3) is 0 Å². The van der Waals surface area contributed by atoms with E-state index >= 15 is 0 Å². The van der Waals surface area contributed by atoms with E-state index in [0.29, 0.717) is 5.25 Å². The number of nitrogens with zero attached hydrogens (tertiary/aromatic N) is 4. The SMILES string of the molecule is Cc1cccc(-n2c(C)cc([C@@H]3[C@H](c4ccccn4)N=C4S[C@@H](C)CN43)c2C)c1. The highest BCUT2D eigenvalue weighted by molar-refractivity contribution is 8.14. The van der Waals surface area contributed by atoms with Crippen molar-refractivity contribution in [1.29, 1.82) is 0 Å². The Hall–Kier alpha value is -2.53. The molecule has 1 fully saturated rings. The second kappa shape index (κ2) is 7.06. The molecular formula is C24H26N4S. The number of thioether (sulfide) groups is 1. The summed E-state index contributed by atoms with van der Waals surface area (Å²) in [7, 11) is 0. The molecule has 0 amide bonds. The molecule has 148 valence electrons. The Kier molecular flexibility index (Phi) is 4.50. The standard InChI is InChI=1S/C24H26N4S/c1-15-8-7-9-19(12-15)28-16(2)13-20(18(28)4)23-22(21-10-5-6-11-25-21)26-24-27(23)14-17(3)29-24/h5-13,17,22-23H,14H2,1-4H3/t17-,22-,23+/m0/s1. The number of hydrogen-bond acceptors (Lipinski definition) is 4. The van der Waals surface area contributed by atoms with Gasteiger partial charge < -0.3 is 9.47 Å². The molecule has 2 aromatic heterocycles. The number of aliphatic imine (C=N–C) groups is 1. The van der Waals surface area contributed by atoms with Gasteiger partial charge in [0, 0.05) is 35.1 Å². The van der Waals surface area contributed by atoms with Gasteiger partial charge in [-0.1, -0.05) is 36.9 Å². The van der Waals surface area contributed by atoms with Gasteiger partial charge in [0.05, 0.1) is 11.7 Å². The third kappa shape index (κ3) is 3.08. The first-order valence-corrected chi connectivity index (χ1v) is 11.1. The molecule has 4 nitrogen and oxygen atoms in total. The lowest BCUT2D eigenvalue weighted by molar-refractivity contribution is 0.320. The van der Waals surface area contributed by atoms with E-state index in [4.69, 9.17) is 4.99 Å². The van der Waals surface area contributed by atoms with Crippen LogP contribution in [-0.4, -0.2) is 31.4 Å². The quantitative estimate of drug-likeness (QED) is 0.589. The van der Waals surface area contributed by atoms with E-state index in [0.717, 1.165) is 12.2 Å². The molecule has 2 aliphatic heterocycles. The van der Waals surface area contributed by atoms with E-state index in [-0.39, 0.29) is 12.1 Å². The number of hydrogen-bond donors (Lipinski definition) is 0. The van der Waals surface area contributed by atoms with Crippen LogP contribution in [0, 0.1) is 20.8 Å². The largest absolute Gasteiger partial charge is 0.341 e. The van der Waals surface area contributed by atoms with Gasteiger partial charge in [-0.25, -0.2) is 0 Å². The molecule has 1 aromatic carbocycles. The third-order valence-corrected chi connectivity index (χ3v) is 7.03. The van der Waals surface area contributed by atoms with Crippen molar-refractivity contribution in [1.82, 2.24) is 14.5 Å². The molecule has 0 unspecified atom stereocenters. The summed E-state index contributed by atoms with van der Waals surface area (Å²) in [6.45, 7) is 9.91. The Morgan fingerprint density at radius 1 is 1.03 bits per heavy atom. The fourth-order valence-electron chi connectivity index (χ4n) is 4.71. The lowest BCUT2D eigenvalue weighted by Gasteiger charge is -2.27. The number of rotatable bonds is 3. The van der Waals surface area contributed by atoms with E-state index < -0.39 is 0 Å². The number of aryl methyl sites for hydroxylation is 2. The van der Waals surface area contributed by atoms with Gasteiger partial charge in [0.1, 0.15) is 6.04 Å². The monoisotopic (exact) mass is 402 g/mol. The van der Waals surface area contributed by atoms with Gasteiger partial charge in [0.15, 0.2) is 5.17 Å². The Morgan fingerprint density at radius 3 is 2.66 bits per heavy atom. The van der Waals surface area contributed by atoms with E-state index in [1.165, 1.54) is 33.4 Å². The molecule has 0 saturated carbocycles. The molecule has 0 aliphatic carbocycles. The van der Waals surface area contributed by atoms with Gasteiger partial charge in [-0.15, -0.1) is 0 Å². The number of aromatic nitrogens is 2. The van der Waals surface area contributed by atoms with Gasteiger partial charge in [-0.2, -0.15) is 0 Å². The Morgan fingerprint density at radius 2 is 1.90 bits per heavy atom. The zero-order valence-electron chi connectivity index (χ0n) is 17.3. The van der Waals surface area contributed by atoms with Crippen LogP contribution in [0.1, 0.15) is 47.2 Å². The average Bonchev–Trinajstić information content (AvgIpc) is 3.32. The van der Waals surface area contributed by atoms with E-state index in [2.05, 4.69) is 84.6 Å². The van der Waals surface area contributed by atoms with Crippen molar-refractivity contribution >= 4 is 16.9 Å². The first-order valence-electron chi connectivity index (χ1n) is 10.2. The summed E-state index contributed by atoms with van der Waals surface area (Å²) in [6.07, 6.45) is 1.88. The molecule has 0 N–H and O–H groups in total. The summed E-state index contributed by atoms with van der Waals surface area (Å²) in [5.74, 6) is 0. The lowest BCUT2D eigenvalue weighted by atomic mass is 9.96. The van der Waals surface area contributed by atoms with Crippen LogP contribution in [0.25, 0.3) is 5.69 Å². The Labute approximate surface area is 176 Å². The van der Waals surface area contributed by atoms with Crippen molar-refractivity contribution in [2.45, 2.75) is 45.0 Å². The van der Waals surface area contributed by atoms with Crippen LogP contribution < -0.4 is 0 Å². The summed E-state index contributed by atoms with van der Waals surface area (Å²) in [5.41, 5.74) is 7.46. The molecule has 5 rings (SSSR count). The second-order valence-corrected chi connectivity index (χ2v) is 9.54. The second-order valence-electron chi connectivity index (χ2n) is 8.14. The summed E-state index contributed by atoms with van der Waals surface area (Å²) in [5, 5.41) is 1.74. The maximum atomic E-state index is 5.13. The van der Waals surface area contributed by atoms with Crippen LogP contribution >= 0.6 is 11.8 Å². The average molecular weight is 403 g/mol. The summed E-state index contributed by atoms with van der Waals surface area (Å²) >= 11 is 1.89. The molecule has 0 bridgehead atoms. The fourth-order valence-corrected chi connectivity index (χ4v) is 5.80. The van der Waals surface area contributed by atoms with Crippen LogP contribution in [-0.2, 0) is 0 Å². The first-order chi connectivity index (χ1) is 14.0. The van der Waals surface area contributed by atoms with E-state index in [9.17, 15) is 0 Å². The van der Waals surface area contributed by atoms with Crippen molar-refractivity contribution < 1.29 is 0 Å². The molecule has 4 heterocycles. The van der Waals surface area contributed by atoms with Crippen LogP contribution in [0.3, 0.4) is 0 Å². The highest BCUT2D eigenvalue weighted by Gasteiger charge is 2.44. The maximum Gasteiger partial charge on any atom is 0.160 e. The normalized spacial score (nSPS) is 23.4. The molecule has 3 aromatic rings. The topological polar surface area (TPSA) is 33.4 Å². The molecule has 0 radical (unpaired) electrons. The van der Waals surface area contributed by atoms with Gasteiger partial charge in [-0.3, -0.25) is 9.98 Å². The van der Waals surface area contributed by atoms with Crippen LogP contribution in [0.5, 0.6) is 0 Å². The number of amidine groups is 1. The minimum Gasteiger partial charge on any atom is -0.341 e. The lowest BCUT2D eigenvalue weighted by Crippen LogP contribution is -2.28. The zero-order chi connectivity index (χ0) is 20.1. The molecule has 1 saturated heterocycles. The summed E-state index contributed by atoms with van der Waals surface area (Å²) < 4.78 is 2.38. The van der Waals surface area contributed by atoms with E-state index in [1.54, 1.807) is 0 Å². The molecule has 29 heavy (non-hydrogen) atoms. The molecular weight excluding hydrogens is 376 g/mol. The predicted octanol–water partition coefficient (Wildman–Crippen LogP) is 5.39. The molecule has 0 spiro atoms.